The van der Waals surface area contributed by atoms with Crippen molar-refractivity contribution in [3.05, 3.63) is 74.8 Å². The topological polar surface area (TPSA) is 81.5 Å². The Morgan fingerprint density at radius 1 is 1.26 bits per heavy atom. The van der Waals surface area contributed by atoms with Crippen LogP contribution in [0.4, 0.5) is 5.69 Å². The van der Waals surface area contributed by atoms with Gasteiger partial charge in [-0.15, -0.1) is 0 Å². The number of nitro groups is 1. The Balaban J connectivity index is 2.12. The van der Waals surface area contributed by atoms with Gasteiger partial charge in [0.1, 0.15) is 11.7 Å². The van der Waals surface area contributed by atoms with E-state index in [-0.39, 0.29) is 17.8 Å². The van der Waals surface area contributed by atoms with E-state index in [0.29, 0.717) is 5.02 Å². The highest BCUT2D eigenvalue weighted by Crippen LogP contribution is 2.24. The number of benzene rings is 2. The van der Waals surface area contributed by atoms with Crippen LogP contribution in [0.25, 0.3) is 0 Å². The molecule has 0 aromatic heterocycles. The van der Waals surface area contributed by atoms with E-state index in [9.17, 15) is 14.9 Å². The van der Waals surface area contributed by atoms with Gasteiger partial charge >= 0.3 is 0 Å². The number of methoxy groups -OCH3 is 1. The normalized spacial score (nSPS) is 11.7. The van der Waals surface area contributed by atoms with Gasteiger partial charge < -0.3 is 10.1 Å². The van der Waals surface area contributed by atoms with Gasteiger partial charge in [0.2, 0.25) is 0 Å². The Morgan fingerprint density at radius 2 is 1.91 bits per heavy atom. The molecule has 1 amide bonds. The summed E-state index contributed by atoms with van der Waals surface area (Å²) in [4.78, 5) is 22.6. The maximum absolute atomic E-state index is 12.2. The molecule has 0 aliphatic heterocycles. The molecule has 0 aliphatic carbocycles. The molecule has 0 fully saturated rings. The van der Waals surface area contributed by atoms with Crippen LogP contribution in [0, 0.1) is 10.1 Å². The molecule has 1 N–H and O–H groups in total. The van der Waals surface area contributed by atoms with Crippen LogP contribution in [0.1, 0.15) is 22.0 Å². The largest absolute Gasteiger partial charge is 0.375 e. The fraction of sp³-hybridized carbons (Fsp3) is 0.188. The molecule has 6 nitrogen and oxygen atoms in total. The summed E-state index contributed by atoms with van der Waals surface area (Å²) in [5.41, 5.74) is 0.503. The monoisotopic (exact) mass is 334 g/mol. The summed E-state index contributed by atoms with van der Waals surface area (Å²) >= 11 is 6.11. The molecule has 0 bridgehead atoms. The van der Waals surface area contributed by atoms with E-state index in [1.807, 2.05) is 6.07 Å². The molecule has 0 heterocycles. The second-order valence-electron chi connectivity index (χ2n) is 4.73. The maximum Gasteiger partial charge on any atom is 0.282 e. The summed E-state index contributed by atoms with van der Waals surface area (Å²) in [7, 11) is 1.51. The summed E-state index contributed by atoms with van der Waals surface area (Å²) in [6.07, 6.45) is -0.449. The van der Waals surface area contributed by atoms with E-state index < -0.39 is 16.9 Å². The fourth-order valence-electron chi connectivity index (χ4n) is 2.16. The van der Waals surface area contributed by atoms with E-state index >= 15 is 0 Å². The first-order chi connectivity index (χ1) is 11.0. The zero-order valence-electron chi connectivity index (χ0n) is 12.4. The van der Waals surface area contributed by atoms with Crippen molar-refractivity contribution in [2.45, 2.75) is 6.10 Å². The molecule has 0 saturated heterocycles. The van der Waals surface area contributed by atoms with Gasteiger partial charge in [-0.05, 0) is 12.1 Å². The number of hydrogen-bond acceptors (Lipinski definition) is 4. The number of amides is 1. The lowest BCUT2D eigenvalue weighted by Crippen LogP contribution is -2.29. The molecule has 2 aromatic rings. The van der Waals surface area contributed by atoms with Crippen LogP contribution in [0.5, 0.6) is 0 Å². The van der Waals surface area contributed by atoms with E-state index in [1.54, 1.807) is 24.3 Å². The predicted octanol–water partition coefficient (Wildman–Crippen LogP) is 3.37. The molecule has 23 heavy (non-hydrogen) atoms. The highest BCUT2D eigenvalue weighted by atomic mass is 35.5. The van der Waals surface area contributed by atoms with Crippen LogP contribution < -0.4 is 5.32 Å². The second-order valence-corrected chi connectivity index (χ2v) is 5.14. The van der Waals surface area contributed by atoms with Gasteiger partial charge in [-0.2, -0.15) is 0 Å². The molecule has 1 unspecified atom stereocenters. The van der Waals surface area contributed by atoms with Crippen molar-refractivity contribution in [1.29, 1.82) is 0 Å². The highest BCUT2D eigenvalue weighted by molar-refractivity contribution is 6.31. The lowest BCUT2D eigenvalue weighted by molar-refractivity contribution is -0.385. The van der Waals surface area contributed by atoms with Gasteiger partial charge in [0.05, 0.1) is 4.92 Å². The third-order valence-corrected chi connectivity index (χ3v) is 3.67. The SMILES string of the molecule is COC(CNC(=O)c1ccccc1[N+](=O)[O-])c1ccccc1Cl. The minimum absolute atomic E-state index is 0.00603. The summed E-state index contributed by atoms with van der Waals surface area (Å²) in [5.74, 6) is -0.536. The van der Waals surface area contributed by atoms with Gasteiger partial charge in [0.15, 0.2) is 0 Å². The molecule has 0 saturated carbocycles. The van der Waals surface area contributed by atoms with Crippen molar-refractivity contribution in [2.24, 2.45) is 0 Å². The Kier molecular flexibility index (Phi) is 5.67. The lowest BCUT2D eigenvalue weighted by Gasteiger charge is -2.17. The third kappa shape index (κ3) is 4.06. The molecule has 0 aliphatic rings. The van der Waals surface area contributed by atoms with Crippen LogP contribution in [-0.2, 0) is 4.74 Å². The first kappa shape index (κ1) is 16.9. The number of nitrogens with one attached hydrogen (secondary N) is 1. The van der Waals surface area contributed by atoms with E-state index in [1.165, 1.54) is 25.3 Å². The average molecular weight is 335 g/mol. The molecular weight excluding hydrogens is 320 g/mol. The van der Waals surface area contributed by atoms with Crippen molar-refractivity contribution in [2.75, 3.05) is 13.7 Å². The van der Waals surface area contributed by atoms with Gasteiger partial charge in [0.25, 0.3) is 11.6 Å². The number of carbonyl (C=O) groups excluding carboxylic acids is 1. The zero-order valence-corrected chi connectivity index (χ0v) is 13.1. The lowest BCUT2D eigenvalue weighted by atomic mass is 10.1. The second kappa shape index (κ2) is 7.71. The number of hydrogen-bond donors (Lipinski definition) is 1. The van der Waals surface area contributed by atoms with Crippen molar-refractivity contribution >= 4 is 23.2 Å². The van der Waals surface area contributed by atoms with Gasteiger partial charge in [0, 0.05) is 30.3 Å². The smallest absolute Gasteiger partial charge is 0.282 e. The third-order valence-electron chi connectivity index (χ3n) is 3.33. The number of para-hydroxylation sites is 1. The molecular formula is C16H15ClN2O4. The molecule has 2 aromatic carbocycles. The Hall–Kier alpha value is -2.44. The number of ether oxygens (including phenoxy) is 1. The quantitative estimate of drug-likeness (QED) is 0.648. The number of nitrogens with zero attached hydrogens (tertiary/aromatic N) is 1. The maximum atomic E-state index is 12.2. The minimum Gasteiger partial charge on any atom is -0.375 e. The summed E-state index contributed by atoms with van der Waals surface area (Å²) in [6.45, 7) is 0.144. The van der Waals surface area contributed by atoms with Gasteiger partial charge in [-0.1, -0.05) is 41.9 Å². The van der Waals surface area contributed by atoms with Gasteiger partial charge in [-0.3, -0.25) is 14.9 Å². The number of halogens is 1. The summed E-state index contributed by atoms with van der Waals surface area (Å²) in [5, 5.41) is 14.1. The first-order valence-electron chi connectivity index (χ1n) is 6.83. The summed E-state index contributed by atoms with van der Waals surface area (Å²) < 4.78 is 5.35. The van der Waals surface area contributed by atoms with Gasteiger partial charge in [-0.25, -0.2) is 0 Å². The molecule has 7 heteroatoms. The van der Waals surface area contributed by atoms with Crippen LogP contribution in [-0.4, -0.2) is 24.5 Å². The van der Waals surface area contributed by atoms with Crippen LogP contribution in [0.3, 0.4) is 0 Å². The molecule has 1 atom stereocenters. The molecule has 2 rings (SSSR count). The van der Waals surface area contributed by atoms with Crippen LogP contribution in [0.2, 0.25) is 5.02 Å². The molecule has 0 spiro atoms. The highest BCUT2D eigenvalue weighted by Gasteiger charge is 2.21. The Morgan fingerprint density at radius 3 is 2.57 bits per heavy atom. The predicted molar refractivity (Wildman–Crippen MR) is 86.6 cm³/mol. The van der Waals surface area contributed by atoms with E-state index in [0.717, 1.165) is 5.56 Å². The zero-order chi connectivity index (χ0) is 16.8. The van der Waals surface area contributed by atoms with E-state index in [2.05, 4.69) is 5.32 Å². The average Bonchev–Trinajstić information content (AvgIpc) is 2.56. The standard InChI is InChI=1S/C16H15ClN2O4/c1-23-15(11-6-2-4-8-13(11)17)10-18-16(20)12-7-3-5-9-14(12)19(21)22/h2-9,15H,10H2,1H3,(H,18,20). The Bertz CT molecular complexity index is 721. The molecule has 120 valence electrons. The minimum atomic E-state index is -0.587. The van der Waals surface area contributed by atoms with Crippen molar-refractivity contribution < 1.29 is 14.5 Å². The van der Waals surface area contributed by atoms with Crippen molar-refractivity contribution in [3.63, 3.8) is 0 Å². The molecule has 0 radical (unpaired) electrons. The van der Waals surface area contributed by atoms with Crippen molar-refractivity contribution in [3.8, 4) is 0 Å². The number of carbonyl (C=O) groups is 1. The van der Waals surface area contributed by atoms with Crippen LogP contribution in [0.15, 0.2) is 48.5 Å². The van der Waals surface area contributed by atoms with Crippen LogP contribution >= 0.6 is 11.6 Å². The van der Waals surface area contributed by atoms with Crippen molar-refractivity contribution in [1.82, 2.24) is 5.32 Å². The Labute approximate surface area is 138 Å². The first-order valence-corrected chi connectivity index (χ1v) is 7.21. The number of rotatable bonds is 6. The van der Waals surface area contributed by atoms with E-state index in [4.69, 9.17) is 16.3 Å². The fourth-order valence-corrected chi connectivity index (χ4v) is 2.42. The summed E-state index contributed by atoms with van der Waals surface area (Å²) in [6, 6.07) is 12.9. The number of nitro benzene ring substituents is 1.